The van der Waals surface area contributed by atoms with E-state index in [-0.39, 0.29) is 16.7 Å². The predicted octanol–water partition coefficient (Wildman–Crippen LogP) is 4.95. The molecule has 3 aromatic carbocycles. The SMILES string of the molecule is Cc1ccc(C)c(NS(=O)(=O)c2cc(C(=O)NC[C@@H](C)c3ccccc3)ccc2C)c1. The van der Waals surface area contributed by atoms with Gasteiger partial charge in [-0.05, 0) is 67.1 Å². The van der Waals surface area contributed by atoms with Gasteiger partial charge in [0.25, 0.3) is 15.9 Å². The number of sulfonamides is 1. The molecule has 0 fully saturated rings. The summed E-state index contributed by atoms with van der Waals surface area (Å²) in [5, 5.41) is 2.91. The van der Waals surface area contributed by atoms with E-state index in [4.69, 9.17) is 0 Å². The third-order valence-corrected chi connectivity index (χ3v) is 6.82. The van der Waals surface area contributed by atoms with Crippen LogP contribution < -0.4 is 10.0 Å². The van der Waals surface area contributed by atoms with E-state index in [0.717, 1.165) is 16.7 Å². The average molecular weight is 437 g/mol. The van der Waals surface area contributed by atoms with Gasteiger partial charge in [0.2, 0.25) is 0 Å². The van der Waals surface area contributed by atoms with Gasteiger partial charge in [0, 0.05) is 12.1 Å². The van der Waals surface area contributed by atoms with Crippen molar-refractivity contribution in [1.29, 1.82) is 0 Å². The summed E-state index contributed by atoms with van der Waals surface area (Å²) >= 11 is 0. The highest BCUT2D eigenvalue weighted by molar-refractivity contribution is 7.92. The molecule has 0 spiro atoms. The Morgan fingerprint density at radius 2 is 1.58 bits per heavy atom. The quantitative estimate of drug-likeness (QED) is 0.550. The molecule has 0 saturated heterocycles. The molecule has 0 aliphatic rings. The van der Waals surface area contributed by atoms with Crippen molar-refractivity contribution in [2.45, 2.75) is 38.5 Å². The highest BCUT2D eigenvalue weighted by Gasteiger charge is 2.20. The lowest BCUT2D eigenvalue weighted by Gasteiger charge is -2.15. The largest absolute Gasteiger partial charge is 0.351 e. The summed E-state index contributed by atoms with van der Waals surface area (Å²) in [7, 11) is -3.84. The van der Waals surface area contributed by atoms with E-state index in [0.29, 0.717) is 23.4 Å². The summed E-state index contributed by atoms with van der Waals surface area (Å²) in [6, 6.07) is 20.3. The Kier molecular flexibility index (Phi) is 6.81. The zero-order chi connectivity index (χ0) is 22.6. The van der Waals surface area contributed by atoms with Crippen LogP contribution in [0.4, 0.5) is 5.69 Å². The Balaban J connectivity index is 1.79. The van der Waals surface area contributed by atoms with Gasteiger partial charge in [-0.3, -0.25) is 9.52 Å². The zero-order valence-corrected chi connectivity index (χ0v) is 19.1. The van der Waals surface area contributed by atoms with Gasteiger partial charge in [0.05, 0.1) is 10.6 Å². The molecule has 0 aliphatic heterocycles. The molecule has 2 N–H and O–H groups in total. The van der Waals surface area contributed by atoms with Crippen LogP contribution in [0.2, 0.25) is 0 Å². The molecule has 0 aliphatic carbocycles. The Morgan fingerprint density at radius 1 is 0.903 bits per heavy atom. The summed E-state index contributed by atoms with van der Waals surface area (Å²) in [5.41, 5.74) is 4.34. The molecule has 3 aromatic rings. The number of rotatable bonds is 7. The Morgan fingerprint density at radius 3 is 2.29 bits per heavy atom. The van der Waals surface area contributed by atoms with Crippen molar-refractivity contribution in [3.8, 4) is 0 Å². The first kappa shape index (κ1) is 22.6. The molecule has 0 saturated carbocycles. The van der Waals surface area contributed by atoms with Crippen molar-refractivity contribution in [3.05, 3.63) is 94.5 Å². The molecule has 0 heterocycles. The molecule has 6 heteroatoms. The molecule has 31 heavy (non-hydrogen) atoms. The van der Waals surface area contributed by atoms with Crippen LogP contribution in [-0.2, 0) is 10.0 Å². The molecular formula is C25H28N2O3S. The zero-order valence-electron chi connectivity index (χ0n) is 18.3. The minimum atomic E-state index is -3.84. The van der Waals surface area contributed by atoms with Crippen molar-refractivity contribution in [1.82, 2.24) is 5.32 Å². The Bertz CT molecular complexity index is 1190. The van der Waals surface area contributed by atoms with Crippen molar-refractivity contribution < 1.29 is 13.2 Å². The lowest BCUT2D eigenvalue weighted by atomic mass is 10.0. The van der Waals surface area contributed by atoms with Gasteiger partial charge in [-0.2, -0.15) is 0 Å². The number of hydrogen-bond donors (Lipinski definition) is 2. The Hall–Kier alpha value is -3.12. The summed E-state index contributed by atoms with van der Waals surface area (Å²) in [5.74, 6) is -0.157. The van der Waals surface area contributed by atoms with E-state index in [9.17, 15) is 13.2 Å². The summed E-state index contributed by atoms with van der Waals surface area (Å²) < 4.78 is 28.8. The molecule has 1 atom stereocenters. The monoisotopic (exact) mass is 436 g/mol. The van der Waals surface area contributed by atoms with Crippen LogP contribution >= 0.6 is 0 Å². The van der Waals surface area contributed by atoms with Crippen LogP contribution in [0.5, 0.6) is 0 Å². The maximum atomic E-state index is 13.1. The third kappa shape index (κ3) is 5.52. The number of carbonyl (C=O) groups excluding carboxylic acids is 1. The van der Waals surface area contributed by atoms with Gasteiger partial charge in [0.1, 0.15) is 0 Å². The topological polar surface area (TPSA) is 75.3 Å². The smallest absolute Gasteiger partial charge is 0.262 e. The van der Waals surface area contributed by atoms with Gasteiger partial charge in [-0.1, -0.05) is 55.5 Å². The first-order valence-electron chi connectivity index (χ1n) is 10.2. The number of benzene rings is 3. The van der Waals surface area contributed by atoms with Crippen molar-refractivity contribution in [3.63, 3.8) is 0 Å². The van der Waals surface area contributed by atoms with E-state index in [1.807, 2.05) is 63.2 Å². The number of amides is 1. The number of aryl methyl sites for hydroxylation is 3. The van der Waals surface area contributed by atoms with Crippen molar-refractivity contribution in [2.24, 2.45) is 0 Å². The molecule has 0 aromatic heterocycles. The summed E-state index contributed by atoms with van der Waals surface area (Å²) in [6.07, 6.45) is 0. The first-order valence-corrected chi connectivity index (χ1v) is 11.7. The lowest BCUT2D eigenvalue weighted by molar-refractivity contribution is 0.0951. The number of nitrogens with one attached hydrogen (secondary N) is 2. The minimum Gasteiger partial charge on any atom is -0.351 e. The first-order chi connectivity index (χ1) is 14.7. The summed E-state index contributed by atoms with van der Waals surface area (Å²) in [4.78, 5) is 12.8. The predicted molar refractivity (Wildman–Crippen MR) is 125 cm³/mol. The van der Waals surface area contributed by atoms with E-state index in [1.165, 1.54) is 6.07 Å². The number of anilines is 1. The van der Waals surface area contributed by atoms with Crippen LogP contribution in [0, 0.1) is 20.8 Å². The van der Waals surface area contributed by atoms with Gasteiger partial charge in [0.15, 0.2) is 0 Å². The van der Waals surface area contributed by atoms with Crippen LogP contribution in [-0.4, -0.2) is 20.9 Å². The van der Waals surface area contributed by atoms with Gasteiger partial charge >= 0.3 is 0 Å². The second kappa shape index (κ2) is 9.35. The Labute approximate surface area is 184 Å². The fraction of sp³-hybridized carbons (Fsp3) is 0.240. The van der Waals surface area contributed by atoms with Crippen LogP contribution in [0.1, 0.15) is 45.5 Å². The average Bonchev–Trinajstić information content (AvgIpc) is 2.75. The molecule has 3 rings (SSSR count). The second-order valence-corrected chi connectivity index (χ2v) is 9.58. The van der Waals surface area contributed by atoms with Crippen LogP contribution in [0.25, 0.3) is 0 Å². The highest BCUT2D eigenvalue weighted by atomic mass is 32.2. The van der Waals surface area contributed by atoms with Crippen molar-refractivity contribution in [2.75, 3.05) is 11.3 Å². The number of carbonyl (C=O) groups is 1. The maximum Gasteiger partial charge on any atom is 0.262 e. The van der Waals surface area contributed by atoms with Gasteiger partial charge < -0.3 is 5.32 Å². The standard InChI is InChI=1S/C25H28N2O3S/c1-17-10-11-18(2)23(14-17)27-31(29,30)24-15-22(13-12-19(24)3)25(28)26-16-20(4)21-8-6-5-7-9-21/h5-15,20,27H,16H2,1-4H3,(H,26,28)/t20-/m1/s1. The highest BCUT2D eigenvalue weighted by Crippen LogP contribution is 2.24. The van der Waals surface area contributed by atoms with E-state index in [2.05, 4.69) is 10.0 Å². The maximum absolute atomic E-state index is 13.1. The van der Waals surface area contributed by atoms with E-state index >= 15 is 0 Å². The fourth-order valence-corrected chi connectivity index (χ4v) is 4.72. The molecule has 0 radical (unpaired) electrons. The second-order valence-electron chi connectivity index (χ2n) is 7.93. The summed E-state index contributed by atoms with van der Waals surface area (Å²) in [6.45, 7) is 7.97. The molecule has 1 amide bonds. The minimum absolute atomic E-state index is 0.0946. The van der Waals surface area contributed by atoms with Crippen molar-refractivity contribution >= 4 is 21.6 Å². The molecule has 0 bridgehead atoms. The lowest BCUT2D eigenvalue weighted by Crippen LogP contribution is -2.28. The van der Waals surface area contributed by atoms with Crippen LogP contribution in [0.3, 0.4) is 0 Å². The number of hydrogen-bond acceptors (Lipinski definition) is 3. The molecule has 162 valence electrons. The van der Waals surface area contributed by atoms with Crippen LogP contribution in [0.15, 0.2) is 71.6 Å². The van der Waals surface area contributed by atoms with E-state index in [1.54, 1.807) is 25.1 Å². The van der Waals surface area contributed by atoms with Gasteiger partial charge in [-0.25, -0.2) is 8.42 Å². The fourth-order valence-electron chi connectivity index (χ4n) is 3.32. The molecule has 5 nitrogen and oxygen atoms in total. The van der Waals surface area contributed by atoms with E-state index < -0.39 is 10.0 Å². The third-order valence-electron chi connectivity index (χ3n) is 5.31. The molecule has 0 unspecified atom stereocenters. The van der Waals surface area contributed by atoms with Gasteiger partial charge in [-0.15, -0.1) is 0 Å². The molecular weight excluding hydrogens is 408 g/mol. The normalized spacial score (nSPS) is 12.3.